The van der Waals surface area contributed by atoms with Crippen molar-refractivity contribution >= 4 is 0 Å². The van der Waals surface area contributed by atoms with Crippen LogP contribution >= 0.6 is 0 Å². The van der Waals surface area contributed by atoms with Crippen LogP contribution in [0.5, 0.6) is 11.5 Å². The number of likely N-dealkylation sites (tertiary alicyclic amines) is 1. The summed E-state index contributed by atoms with van der Waals surface area (Å²) in [5.41, 5.74) is 1.27. The molecule has 3 heterocycles. The molecule has 0 N–H and O–H groups in total. The topological polar surface area (TPSA) is 60.6 Å². The maximum absolute atomic E-state index is 5.72. The van der Waals surface area contributed by atoms with Crippen molar-refractivity contribution in [1.82, 2.24) is 15.0 Å². The Balaban J connectivity index is 1.49. The van der Waals surface area contributed by atoms with E-state index in [9.17, 15) is 0 Å². The molecule has 6 heteroatoms. The molecule has 1 atom stereocenters. The predicted molar refractivity (Wildman–Crippen MR) is 88.1 cm³/mol. The van der Waals surface area contributed by atoms with Crippen molar-refractivity contribution in [3.63, 3.8) is 0 Å². The highest BCUT2D eigenvalue weighted by Gasteiger charge is 2.28. The van der Waals surface area contributed by atoms with Crippen LogP contribution in [0.3, 0.4) is 0 Å². The monoisotopic (exact) mass is 329 g/mol. The average Bonchev–Trinajstić information content (AvgIpc) is 3.25. The number of ether oxygens (including phenoxy) is 2. The quantitative estimate of drug-likeness (QED) is 0.840. The molecule has 1 aromatic carbocycles. The second-order valence-corrected chi connectivity index (χ2v) is 6.39. The van der Waals surface area contributed by atoms with E-state index in [0.29, 0.717) is 31.7 Å². The maximum Gasteiger partial charge on any atom is 0.240 e. The number of rotatable bonds is 5. The molecule has 2 aliphatic rings. The summed E-state index contributed by atoms with van der Waals surface area (Å²) in [5.74, 6) is 3.22. The van der Waals surface area contributed by atoms with Crippen LogP contribution in [0, 0.1) is 0 Å². The van der Waals surface area contributed by atoms with Gasteiger partial charge in [0.15, 0.2) is 17.3 Å². The van der Waals surface area contributed by atoms with Crippen LogP contribution < -0.4 is 9.47 Å². The molecule has 0 aliphatic carbocycles. The number of aromatic nitrogens is 2. The molecule has 1 unspecified atom stereocenters. The zero-order chi connectivity index (χ0) is 16.4. The first-order chi connectivity index (χ1) is 11.8. The van der Waals surface area contributed by atoms with E-state index in [1.54, 1.807) is 0 Å². The number of benzene rings is 1. The molecule has 0 spiro atoms. The fourth-order valence-electron chi connectivity index (χ4n) is 3.51. The van der Waals surface area contributed by atoms with Crippen molar-refractivity contribution in [2.24, 2.45) is 0 Å². The largest absolute Gasteiger partial charge is 0.486 e. The van der Waals surface area contributed by atoms with Crippen LogP contribution in [0.1, 0.15) is 49.5 Å². The zero-order valence-electron chi connectivity index (χ0n) is 14.0. The van der Waals surface area contributed by atoms with Gasteiger partial charge in [-0.05, 0) is 43.5 Å². The fraction of sp³-hybridized carbons (Fsp3) is 0.556. The van der Waals surface area contributed by atoms with Crippen molar-refractivity contribution in [3.05, 3.63) is 35.5 Å². The zero-order valence-corrected chi connectivity index (χ0v) is 14.0. The summed E-state index contributed by atoms with van der Waals surface area (Å²) in [7, 11) is 0. The Kier molecular flexibility index (Phi) is 4.38. The third-order valence-electron chi connectivity index (χ3n) is 4.64. The normalized spacial score (nSPS) is 20.5. The molecule has 0 saturated carbocycles. The Hall–Kier alpha value is -2.08. The number of hydrogen-bond acceptors (Lipinski definition) is 6. The van der Waals surface area contributed by atoms with Crippen molar-refractivity contribution in [2.45, 2.75) is 45.2 Å². The summed E-state index contributed by atoms with van der Waals surface area (Å²) < 4.78 is 16.7. The third kappa shape index (κ3) is 3.11. The molecule has 4 rings (SSSR count). The second kappa shape index (κ2) is 6.81. The Morgan fingerprint density at radius 1 is 1.21 bits per heavy atom. The molecule has 0 bridgehead atoms. The SMILES string of the molecule is CCCc1noc(CN2CCCC2c2ccc3c(c2)OCCO3)n1. The van der Waals surface area contributed by atoms with Crippen LogP contribution in [-0.4, -0.2) is 34.8 Å². The molecule has 1 saturated heterocycles. The van der Waals surface area contributed by atoms with Gasteiger partial charge in [0.05, 0.1) is 6.54 Å². The van der Waals surface area contributed by atoms with Crippen LogP contribution in [0.4, 0.5) is 0 Å². The minimum atomic E-state index is 0.363. The number of hydrogen-bond donors (Lipinski definition) is 0. The van der Waals surface area contributed by atoms with Crippen LogP contribution in [-0.2, 0) is 13.0 Å². The van der Waals surface area contributed by atoms with Gasteiger partial charge in [-0.15, -0.1) is 0 Å². The minimum absolute atomic E-state index is 0.363. The van der Waals surface area contributed by atoms with E-state index in [1.807, 2.05) is 6.07 Å². The molecular formula is C18H23N3O3. The molecule has 2 aliphatic heterocycles. The van der Waals surface area contributed by atoms with E-state index in [1.165, 1.54) is 12.0 Å². The lowest BCUT2D eigenvalue weighted by Crippen LogP contribution is -2.23. The highest BCUT2D eigenvalue weighted by molar-refractivity contribution is 5.44. The van der Waals surface area contributed by atoms with Crippen molar-refractivity contribution < 1.29 is 14.0 Å². The summed E-state index contributed by atoms with van der Waals surface area (Å²) in [6, 6.07) is 6.65. The van der Waals surface area contributed by atoms with Crippen molar-refractivity contribution in [3.8, 4) is 11.5 Å². The van der Waals surface area contributed by atoms with Gasteiger partial charge in [0, 0.05) is 12.5 Å². The lowest BCUT2D eigenvalue weighted by Gasteiger charge is -2.25. The lowest BCUT2D eigenvalue weighted by atomic mass is 10.0. The van der Waals surface area contributed by atoms with E-state index < -0.39 is 0 Å². The Labute approximate surface area is 141 Å². The van der Waals surface area contributed by atoms with E-state index in [2.05, 4.69) is 34.1 Å². The highest BCUT2D eigenvalue weighted by Crippen LogP contribution is 2.38. The van der Waals surface area contributed by atoms with Gasteiger partial charge < -0.3 is 14.0 Å². The number of fused-ring (bicyclic) bond motifs is 1. The summed E-state index contributed by atoms with van der Waals surface area (Å²) in [6.45, 7) is 5.11. The minimum Gasteiger partial charge on any atom is -0.486 e. The molecule has 6 nitrogen and oxygen atoms in total. The molecule has 2 aromatic rings. The van der Waals surface area contributed by atoms with E-state index in [4.69, 9.17) is 14.0 Å². The van der Waals surface area contributed by atoms with Gasteiger partial charge in [0.25, 0.3) is 0 Å². The summed E-state index contributed by atoms with van der Waals surface area (Å²) in [6.07, 6.45) is 4.21. The smallest absolute Gasteiger partial charge is 0.240 e. The molecule has 1 fully saturated rings. The molecular weight excluding hydrogens is 306 g/mol. The van der Waals surface area contributed by atoms with Crippen molar-refractivity contribution in [2.75, 3.05) is 19.8 Å². The highest BCUT2D eigenvalue weighted by atomic mass is 16.6. The van der Waals surface area contributed by atoms with Gasteiger partial charge >= 0.3 is 0 Å². The first-order valence-electron chi connectivity index (χ1n) is 8.78. The first kappa shape index (κ1) is 15.4. The van der Waals surface area contributed by atoms with Gasteiger partial charge in [-0.2, -0.15) is 4.98 Å². The summed E-state index contributed by atoms with van der Waals surface area (Å²) in [4.78, 5) is 6.91. The fourth-order valence-corrected chi connectivity index (χ4v) is 3.51. The van der Waals surface area contributed by atoms with Crippen LogP contribution in [0.2, 0.25) is 0 Å². The summed E-state index contributed by atoms with van der Waals surface area (Å²) >= 11 is 0. The second-order valence-electron chi connectivity index (χ2n) is 6.39. The maximum atomic E-state index is 5.72. The van der Waals surface area contributed by atoms with Gasteiger partial charge in [-0.3, -0.25) is 4.90 Å². The molecule has 0 amide bonds. The van der Waals surface area contributed by atoms with Gasteiger partial charge in [-0.25, -0.2) is 0 Å². The van der Waals surface area contributed by atoms with E-state index >= 15 is 0 Å². The third-order valence-corrected chi connectivity index (χ3v) is 4.64. The van der Waals surface area contributed by atoms with Gasteiger partial charge in [-0.1, -0.05) is 18.1 Å². The first-order valence-corrected chi connectivity index (χ1v) is 8.78. The Morgan fingerprint density at radius 2 is 2.08 bits per heavy atom. The number of aryl methyl sites for hydroxylation is 1. The van der Waals surface area contributed by atoms with Crippen molar-refractivity contribution in [1.29, 1.82) is 0 Å². The Morgan fingerprint density at radius 3 is 2.96 bits per heavy atom. The number of nitrogens with zero attached hydrogens (tertiary/aromatic N) is 3. The molecule has 1 aromatic heterocycles. The van der Waals surface area contributed by atoms with Crippen LogP contribution in [0.15, 0.2) is 22.7 Å². The van der Waals surface area contributed by atoms with Gasteiger partial charge in [0.2, 0.25) is 5.89 Å². The average molecular weight is 329 g/mol. The Bertz CT molecular complexity index is 701. The molecule has 0 radical (unpaired) electrons. The van der Waals surface area contributed by atoms with Crippen LogP contribution in [0.25, 0.3) is 0 Å². The van der Waals surface area contributed by atoms with Gasteiger partial charge in [0.1, 0.15) is 13.2 Å². The van der Waals surface area contributed by atoms with E-state index in [0.717, 1.165) is 43.1 Å². The lowest BCUT2D eigenvalue weighted by molar-refractivity contribution is 0.170. The molecule has 128 valence electrons. The predicted octanol–water partition coefficient (Wildman–Crippen LogP) is 3.13. The molecule has 24 heavy (non-hydrogen) atoms. The van der Waals surface area contributed by atoms with E-state index in [-0.39, 0.29) is 0 Å². The standard InChI is InChI=1S/C18H23N3O3/c1-2-4-17-19-18(24-20-17)12-21-8-3-5-14(21)13-6-7-15-16(11-13)23-10-9-22-15/h6-7,11,14H,2-5,8-10,12H2,1H3. The summed E-state index contributed by atoms with van der Waals surface area (Å²) in [5, 5.41) is 4.05.